The Morgan fingerprint density at radius 1 is 1.25 bits per heavy atom. The molecule has 0 saturated carbocycles. The van der Waals surface area contributed by atoms with Crippen LogP contribution in [0.15, 0.2) is 12.4 Å². The van der Waals surface area contributed by atoms with E-state index in [-0.39, 0.29) is 23.8 Å². The lowest BCUT2D eigenvalue weighted by Crippen LogP contribution is -2.45. The number of anilines is 1. The second-order valence-corrected chi connectivity index (χ2v) is 6.78. The van der Waals surface area contributed by atoms with E-state index in [9.17, 15) is 4.79 Å². The second kappa shape index (κ2) is 7.34. The topological polar surface area (TPSA) is 67.8 Å². The summed E-state index contributed by atoms with van der Waals surface area (Å²) in [5.74, 6) is 1.75. The van der Waals surface area contributed by atoms with Crippen LogP contribution in [0.1, 0.15) is 20.8 Å². The van der Waals surface area contributed by atoms with Crippen molar-refractivity contribution in [1.29, 1.82) is 0 Å². The van der Waals surface area contributed by atoms with Crippen LogP contribution in [0.25, 0.3) is 0 Å². The summed E-state index contributed by atoms with van der Waals surface area (Å²) in [6.45, 7) is 10.1. The van der Waals surface area contributed by atoms with Gasteiger partial charge in [-0.3, -0.25) is 4.79 Å². The monoisotopic (exact) mass is 334 g/mol. The van der Waals surface area contributed by atoms with Crippen molar-refractivity contribution in [2.24, 2.45) is 11.8 Å². The number of morpholine rings is 1. The molecule has 7 nitrogen and oxygen atoms in total. The van der Waals surface area contributed by atoms with Gasteiger partial charge in [-0.1, -0.05) is 6.92 Å². The van der Waals surface area contributed by atoms with Crippen LogP contribution in [0.5, 0.6) is 5.88 Å². The summed E-state index contributed by atoms with van der Waals surface area (Å²) in [4.78, 5) is 25.6. The van der Waals surface area contributed by atoms with Gasteiger partial charge in [0, 0.05) is 38.6 Å². The van der Waals surface area contributed by atoms with E-state index in [0.29, 0.717) is 38.7 Å². The maximum Gasteiger partial charge on any atom is 0.257 e. The van der Waals surface area contributed by atoms with E-state index in [4.69, 9.17) is 9.47 Å². The van der Waals surface area contributed by atoms with Gasteiger partial charge < -0.3 is 19.3 Å². The molecule has 132 valence electrons. The third-order valence-electron chi connectivity index (χ3n) is 4.55. The average molecular weight is 334 g/mol. The Morgan fingerprint density at radius 3 is 2.67 bits per heavy atom. The number of aromatic nitrogens is 2. The number of nitrogens with zero attached hydrogens (tertiary/aromatic N) is 4. The number of hydrogen-bond acceptors (Lipinski definition) is 6. The molecule has 2 aliphatic rings. The molecule has 2 saturated heterocycles. The largest absolute Gasteiger partial charge is 0.472 e. The number of hydrogen-bond donors (Lipinski definition) is 0. The number of ether oxygens (including phenoxy) is 2. The van der Waals surface area contributed by atoms with Gasteiger partial charge in [0.15, 0.2) is 5.82 Å². The van der Waals surface area contributed by atoms with E-state index >= 15 is 0 Å². The third kappa shape index (κ3) is 3.61. The van der Waals surface area contributed by atoms with E-state index < -0.39 is 0 Å². The van der Waals surface area contributed by atoms with Crippen LogP contribution in [-0.4, -0.2) is 66.3 Å². The summed E-state index contributed by atoms with van der Waals surface area (Å²) in [5, 5.41) is 0. The Balaban J connectivity index is 1.72. The van der Waals surface area contributed by atoms with Crippen LogP contribution in [0.4, 0.5) is 5.82 Å². The summed E-state index contributed by atoms with van der Waals surface area (Å²) < 4.78 is 11.1. The molecule has 1 aromatic rings. The minimum absolute atomic E-state index is 0.0167. The van der Waals surface area contributed by atoms with Gasteiger partial charge in [0.25, 0.3) is 5.88 Å². The Hall–Kier alpha value is -1.89. The molecule has 0 radical (unpaired) electrons. The highest BCUT2D eigenvalue weighted by molar-refractivity contribution is 5.80. The molecule has 1 amide bonds. The lowest BCUT2D eigenvalue weighted by molar-refractivity contribution is -0.140. The zero-order valence-electron chi connectivity index (χ0n) is 14.6. The zero-order valence-corrected chi connectivity index (χ0v) is 14.6. The zero-order chi connectivity index (χ0) is 17.1. The normalized spacial score (nSPS) is 24.5. The van der Waals surface area contributed by atoms with Crippen molar-refractivity contribution in [3.05, 3.63) is 12.4 Å². The van der Waals surface area contributed by atoms with Gasteiger partial charge in [0.05, 0.1) is 25.2 Å². The van der Waals surface area contributed by atoms with Gasteiger partial charge in [-0.2, -0.15) is 0 Å². The fourth-order valence-corrected chi connectivity index (χ4v) is 3.32. The molecule has 7 heteroatoms. The average Bonchev–Trinajstić information content (AvgIpc) is 2.96. The summed E-state index contributed by atoms with van der Waals surface area (Å²) in [7, 11) is 0. The van der Waals surface area contributed by atoms with Gasteiger partial charge in [-0.15, -0.1) is 0 Å². The van der Waals surface area contributed by atoms with Crippen LogP contribution in [-0.2, 0) is 9.53 Å². The fraction of sp³-hybridized carbons (Fsp3) is 0.706. The Kier molecular flexibility index (Phi) is 5.18. The first-order valence-corrected chi connectivity index (χ1v) is 8.65. The molecule has 3 heterocycles. The van der Waals surface area contributed by atoms with E-state index in [1.807, 2.05) is 18.7 Å². The van der Waals surface area contributed by atoms with Crippen LogP contribution >= 0.6 is 0 Å². The molecule has 0 spiro atoms. The first-order valence-electron chi connectivity index (χ1n) is 8.65. The summed E-state index contributed by atoms with van der Waals surface area (Å²) in [6.07, 6.45) is 3.34. The second-order valence-electron chi connectivity index (χ2n) is 6.78. The van der Waals surface area contributed by atoms with E-state index in [2.05, 4.69) is 21.8 Å². The quantitative estimate of drug-likeness (QED) is 0.824. The van der Waals surface area contributed by atoms with Crippen molar-refractivity contribution in [2.45, 2.75) is 26.9 Å². The highest BCUT2D eigenvalue weighted by atomic mass is 16.5. The predicted octanol–water partition coefficient (Wildman–Crippen LogP) is 1.19. The van der Waals surface area contributed by atoms with E-state index in [1.165, 1.54) is 0 Å². The molecule has 1 aromatic heterocycles. The van der Waals surface area contributed by atoms with Crippen molar-refractivity contribution >= 4 is 11.7 Å². The maximum atomic E-state index is 12.8. The van der Waals surface area contributed by atoms with E-state index in [1.54, 1.807) is 12.4 Å². The first kappa shape index (κ1) is 17.0. The lowest BCUT2D eigenvalue weighted by atomic mass is 9.96. The third-order valence-corrected chi connectivity index (χ3v) is 4.55. The van der Waals surface area contributed by atoms with Crippen molar-refractivity contribution in [1.82, 2.24) is 14.9 Å². The number of carbonyl (C=O) groups is 1. The number of carbonyl (C=O) groups excluding carboxylic acids is 1. The van der Waals surface area contributed by atoms with Gasteiger partial charge in [0.1, 0.15) is 0 Å². The summed E-state index contributed by atoms with van der Waals surface area (Å²) >= 11 is 0. The van der Waals surface area contributed by atoms with Gasteiger partial charge in [0.2, 0.25) is 5.91 Å². The SMILES string of the molecule is CC(C)Oc1nccnc1N1C[C@@H](C)[C@H](C(=O)N2CCOCC2)C1. The molecule has 2 aliphatic heterocycles. The molecular formula is C17H26N4O3. The van der Waals surface area contributed by atoms with Crippen molar-refractivity contribution < 1.29 is 14.3 Å². The molecule has 3 rings (SSSR count). The molecule has 2 fully saturated rings. The summed E-state index contributed by atoms with van der Waals surface area (Å²) in [5.41, 5.74) is 0. The van der Waals surface area contributed by atoms with Crippen molar-refractivity contribution in [3.8, 4) is 5.88 Å². The van der Waals surface area contributed by atoms with Gasteiger partial charge in [-0.25, -0.2) is 9.97 Å². The van der Waals surface area contributed by atoms with Gasteiger partial charge >= 0.3 is 0 Å². The molecule has 24 heavy (non-hydrogen) atoms. The molecule has 0 N–H and O–H groups in total. The predicted molar refractivity (Wildman–Crippen MR) is 90.1 cm³/mol. The molecule has 0 unspecified atom stereocenters. The fourth-order valence-electron chi connectivity index (χ4n) is 3.32. The van der Waals surface area contributed by atoms with Crippen molar-refractivity contribution in [3.63, 3.8) is 0 Å². The summed E-state index contributed by atoms with van der Waals surface area (Å²) in [6, 6.07) is 0. The highest BCUT2D eigenvalue weighted by Gasteiger charge is 2.39. The molecule has 0 bridgehead atoms. The highest BCUT2D eigenvalue weighted by Crippen LogP contribution is 2.32. The molecular weight excluding hydrogens is 308 g/mol. The Morgan fingerprint density at radius 2 is 1.96 bits per heavy atom. The van der Waals surface area contributed by atoms with Crippen LogP contribution in [0.3, 0.4) is 0 Å². The number of rotatable bonds is 4. The van der Waals surface area contributed by atoms with Crippen LogP contribution in [0, 0.1) is 11.8 Å². The maximum absolute atomic E-state index is 12.8. The Bertz CT molecular complexity index is 575. The minimum atomic E-state index is -0.0167. The van der Waals surface area contributed by atoms with Crippen molar-refractivity contribution in [2.75, 3.05) is 44.3 Å². The molecule has 0 aliphatic carbocycles. The van der Waals surface area contributed by atoms with Gasteiger partial charge in [-0.05, 0) is 19.8 Å². The molecule has 2 atom stereocenters. The first-order chi connectivity index (χ1) is 11.6. The number of amides is 1. The minimum Gasteiger partial charge on any atom is -0.472 e. The standard InChI is InChI=1S/C17H26N4O3/c1-12(2)24-16-15(18-4-5-19-16)21-10-13(3)14(11-21)17(22)20-6-8-23-9-7-20/h4-5,12-14H,6-11H2,1-3H3/t13-,14-/m1/s1. The smallest absolute Gasteiger partial charge is 0.257 e. The lowest BCUT2D eigenvalue weighted by Gasteiger charge is -2.30. The Labute approximate surface area is 143 Å². The molecule has 0 aromatic carbocycles. The van der Waals surface area contributed by atoms with Crippen LogP contribution < -0.4 is 9.64 Å². The van der Waals surface area contributed by atoms with Crippen LogP contribution in [0.2, 0.25) is 0 Å². The van der Waals surface area contributed by atoms with E-state index in [0.717, 1.165) is 12.4 Å².